The molecule has 2 saturated heterocycles. The van der Waals surface area contributed by atoms with Crippen LogP contribution in [0, 0.1) is 11.8 Å². The number of carbonyl (C=O) groups excluding carboxylic acids is 1. The van der Waals surface area contributed by atoms with Gasteiger partial charge in [-0.1, -0.05) is 25.7 Å². The Morgan fingerprint density at radius 2 is 1.59 bits per heavy atom. The molecule has 4 heteroatoms. The van der Waals surface area contributed by atoms with Gasteiger partial charge >= 0.3 is 0 Å². The Morgan fingerprint density at radius 3 is 2.27 bits per heavy atom. The maximum atomic E-state index is 12.4. The van der Waals surface area contributed by atoms with E-state index in [2.05, 4.69) is 15.1 Å². The Morgan fingerprint density at radius 1 is 0.909 bits per heavy atom. The first-order valence-corrected chi connectivity index (χ1v) is 9.52. The first kappa shape index (κ1) is 16.3. The molecular formula is C18H33N3O. The van der Waals surface area contributed by atoms with E-state index in [0.717, 1.165) is 50.9 Å². The fourth-order valence-electron chi connectivity index (χ4n) is 4.39. The molecular weight excluding hydrogens is 274 g/mol. The fourth-order valence-corrected chi connectivity index (χ4v) is 4.39. The number of amides is 1. The van der Waals surface area contributed by atoms with Gasteiger partial charge in [-0.25, -0.2) is 0 Å². The highest BCUT2D eigenvalue weighted by molar-refractivity contribution is 5.76. The Balaban J connectivity index is 1.32. The highest BCUT2D eigenvalue weighted by atomic mass is 16.2. The molecule has 3 aliphatic rings. The van der Waals surface area contributed by atoms with Crippen LogP contribution >= 0.6 is 0 Å². The summed E-state index contributed by atoms with van der Waals surface area (Å²) in [4.78, 5) is 17.0. The third-order valence-electron chi connectivity index (χ3n) is 5.94. The molecule has 0 aromatic heterocycles. The molecule has 0 spiro atoms. The van der Waals surface area contributed by atoms with Gasteiger partial charge in [0.1, 0.15) is 0 Å². The van der Waals surface area contributed by atoms with E-state index in [1.807, 2.05) is 0 Å². The number of carbonyl (C=O) groups is 1. The third kappa shape index (κ3) is 4.69. The van der Waals surface area contributed by atoms with Gasteiger partial charge in [0, 0.05) is 39.1 Å². The van der Waals surface area contributed by atoms with Gasteiger partial charge in [0.05, 0.1) is 0 Å². The average Bonchev–Trinajstić information content (AvgIpc) is 3.08. The van der Waals surface area contributed by atoms with Crippen molar-refractivity contribution in [2.75, 3.05) is 45.8 Å². The molecule has 1 saturated carbocycles. The van der Waals surface area contributed by atoms with Crippen molar-refractivity contribution in [3.05, 3.63) is 0 Å². The molecule has 4 nitrogen and oxygen atoms in total. The van der Waals surface area contributed by atoms with Gasteiger partial charge in [-0.15, -0.1) is 0 Å². The summed E-state index contributed by atoms with van der Waals surface area (Å²) in [5.41, 5.74) is 0. The second-order valence-corrected chi connectivity index (χ2v) is 7.56. The highest BCUT2D eigenvalue weighted by Gasteiger charge is 2.24. The lowest BCUT2D eigenvalue weighted by atomic mass is 9.97. The van der Waals surface area contributed by atoms with Gasteiger partial charge < -0.3 is 10.2 Å². The fraction of sp³-hybridized carbons (Fsp3) is 0.944. The molecule has 0 aromatic rings. The zero-order valence-electron chi connectivity index (χ0n) is 14.1. The maximum absolute atomic E-state index is 12.4. The number of hydrogen-bond donors (Lipinski definition) is 1. The predicted octanol–water partition coefficient (Wildman–Crippen LogP) is 2.10. The molecule has 3 fully saturated rings. The van der Waals surface area contributed by atoms with Crippen LogP contribution in [0.15, 0.2) is 0 Å². The Hall–Kier alpha value is -0.610. The monoisotopic (exact) mass is 307 g/mol. The molecule has 2 aliphatic heterocycles. The zero-order chi connectivity index (χ0) is 15.2. The molecule has 22 heavy (non-hydrogen) atoms. The normalized spacial score (nSPS) is 25.7. The number of hydrogen-bond acceptors (Lipinski definition) is 3. The molecule has 0 atom stereocenters. The average molecular weight is 307 g/mol. The molecule has 1 N–H and O–H groups in total. The van der Waals surface area contributed by atoms with Crippen molar-refractivity contribution < 1.29 is 4.79 Å². The minimum Gasteiger partial charge on any atom is -0.340 e. The number of nitrogens with one attached hydrogen (secondary N) is 1. The van der Waals surface area contributed by atoms with Gasteiger partial charge in [0.15, 0.2) is 0 Å². The molecule has 0 unspecified atom stereocenters. The van der Waals surface area contributed by atoms with E-state index in [4.69, 9.17) is 0 Å². The highest BCUT2D eigenvalue weighted by Crippen LogP contribution is 2.28. The first-order chi connectivity index (χ1) is 10.8. The van der Waals surface area contributed by atoms with Crippen LogP contribution in [-0.2, 0) is 4.79 Å². The Kier molecular flexibility index (Phi) is 6.13. The number of nitrogens with zero attached hydrogens (tertiary/aromatic N) is 2. The van der Waals surface area contributed by atoms with Gasteiger partial charge in [-0.2, -0.15) is 0 Å². The topological polar surface area (TPSA) is 35.6 Å². The summed E-state index contributed by atoms with van der Waals surface area (Å²) in [5.74, 6) is 2.12. The SMILES string of the molecule is O=C(CCC1CCCC1)N1CCN(CC2CCNCC2)CC1. The Bertz CT molecular complexity index is 340. The molecule has 126 valence electrons. The summed E-state index contributed by atoms with van der Waals surface area (Å²) >= 11 is 0. The van der Waals surface area contributed by atoms with Gasteiger partial charge in [0.2, 0.25) is 5.91 Å². The number of piperidine rings is 1. The van der Waals surface area contributed by atoms with Gasteiger partial charge in [0.25, 0.3) is 0 Å². The molecule has 0 bridgehead atoms. The second kappa shape index (κ2) is 8.30. The van der Waals surface area contributed by atoms with Crippen molar-refractivity contribution in [1.82, 2.24) is 15.1 Å². The van der Waals surface area contributed by atoms with Crippen LogP contribution in [0.4, 0.5) is 0 Å². The van der Waals surface area contributed by atoms with Crippen molar-refractivity contribution in [3.8, 4) is 0 Å². The van der Waals surface area contributed by atoms with Gasteiger partial charge in [-0.3, -0.25) is 9.69 Å². The van der Waals surface area contributed by atoms with Crippen LogP contribution in [0.2, 0.25) is 0 Å². The predicted molar refractivity (Wildman–Crippen MR) is 89.8 cm³/mol. The van der Waals surface area contributed by atoms with E-state index in [-0.39, 0.29) is 0 Å². The molecule has 1 aliphatic carbocycles. The molecule has 1 amide bonds. The smallest absolute Gasteiger partial charge is 0.222 e. The van der Waals surface area contributed by atoms with E-state index < -0.39 is 0 Å². The van der Waals surface area contributed by atoms with Crippen LogP contribution in [-0.4, -0.2) is 61.5 Å². The quantitative estimate of drug-likeness (QED) is 0.845. The molecule has 2 heterocycles. The van der Waals surface area contributed by atoms with E-state index in [1.54, 1.807) is 0 Å². The first-order valence-electron chi connectivity index (χ1n) is 9.52. The second-order valence-electron chi connectivity index (χ2n) is 7.56. The lowest BCUT2D eigenvalue weighted by molar-refractivity contribution is -0.133. The minimum absolute atomic E-state index is 0.411. The van der Waals surface area contributed by atoms with E-state index in [1.165, 1.54) is 58.2 Å². The largest absolute Gasteiger partial charge is 0.340 e. The summed E-state index contributed by atoms with van der Waals surface area (Å²) in [6.07, 6.45) is 10.0. The van der Waals surface area contributed by atoms with Crippen molar-refractivity contribution in [3.63, 3.8) is 0 Å². The molecule has 0 aromatic carbocycles. The van der Waals surface area contributed by atoms with Crippen LogP contribution in [0.25, 0.3) is 0 Å². The zero-order valence-corrected chi connectivity index (χ0v) is 14.1. The summed E-state index contributed by atoms with van der Waals surface area (Å²) < 4.78 is 0. The van der Waals surface area contributed by atoms with Crippen LogP contribution in [0.3, 0.4) is 0 Å². The van der Waals surface area contributed by atoms with Crippen LogP contribution in [0.1, 0.15) is 51.4 Å². The van der Waals surface area contributed by atoms with Crippen molar-refractivity contribution >= 4 is 5.91 Å². The summed E-state index contributed by atoms with van der Waals surface area (Å²) in [7, 11) is 0. The molecule has 0 radical (unpaired) electrons. The van der Waals surface area contributed by atoms with E-state index >= 15 is 0 Å². The van der Waals surface area contributed by atoms with Crippen molar-refractivity contribution in [2.24, 2.45) is 11.8 Å². The van der Waals surface area contributed by atoms with E-state index in [0.29, 0.717) is 5.91 Å². The Labute approximate surface area is 135 Å². The van der Waals surface area contributed by atoms with Crippen LogP contribution in [0.5, 0.6) is 0 Å². The van der Waals surface area contributed by atoms with Gasteiger partial charge in [-0.05, 0) is 44.2 Å². The number of rotatable bonds is 5. The summed E-state index contributed by atoms with van der Waals surface area (Å²) in [5, 5.41) is 3.44. The number of piperazine rings is 1. The van der Waals surface area contributed by atoms with E-state index in [9.17, 15) is 4.79 Å². The maximum Gasteiger partial charge on any atom is 0.222 e. The van der Waals surface area contributed by atoms with Crippen molar-refractivity contribution in [2.45, 2.75) is 51.4 Å². The van der Waals surface area contributed by atoms with Crippen molar-refractivity contribution in [1.29, 1.82) is 0 Å². The third-order valence-corrected chi connectivity index (χ3v) is 5.94. The lowest BCUT2D eigenvalue weighted by Gasteiger charge is -2.37. The molecule has 3 rings (SSSR count). The van der Waals surface area contributed by atoms with Crippen LogP contribution < -0.4 is 5.32 Å². The standard InChI is InChI=1S/C18H33N3O/c22-18(6-5-16-3-1-2-4-16)21-13-11-20(12-14-21)15-17-7-9-19-10-8-17/h16-17,19H,1-15H2. The summed E-state index contributed by atoms with van der Waals surface area (Å²) in [6.45, 7) is 7.68. The minimum atomic E-state index is 0.411. The lowest BCUT2D eigenvalue weighted by Crippen LogP contribution is -2.50. The summed E-state index contributed by atoms with van der Waals surface area (Å²) in [6, 6.07) is 0.